The summed E-state index contributed by atoms with van der Waals surface area (Å²) in [6, 6.07) is 2.46. The van der Waals surface area contributed by atoms with Gasteiger partial charge in [0.25, 0.3) is 0 Å². The lowest BCUT2D eigenvalue weighted by Crippen LogP contribution is -2.04. The second-order valence-corrected chi connectivity index (χ2v) is 3.52. The highest BCUT2D eigenvalue weighted by Crippen LogP contribution is 2.35. The molecule has 0 saturated heterocycles. The molecule has 82 valence electrons. The fraction of sp³-hybridized carbons (Fsp3) is 0.222. The Kier molecular flexibility index (Phi) is 3.88. The number of carbonyl (C=O) groups excluding carboxylic acids is 1. The van der Waals surface area contributed by atoms with Gasteiger partial charge in [0, 0.05) is 5.56 Å². The largest absolute Gasteiger partial charge is 0.432 e. The standard InChI is InChI=1S/C9H6Cl2F2O2/c1-4(14)5-2-6(10)8(7(11)3-5)15-9(12)13/h2-3,9H,1H3. The van der Waals surface area contributed by atoms with Crippen LogP contribution >= 0.6 is 23.2 Å². The molecule has 1 aromatic carbocycles. The molecule has 0 aromatic heterocycles. The van der Waals surface area contributed by atoms with E-state index in [4.69, 9.17) is 23.2 Å². The van der Waals surface area contributed by atoms with Gasteiger partial charge >= 0.3 is 6.61 Å². The van der Waals surface area contributed by atoms with Gasteiger partial charge in [-0.25, -0.2) is 0 Å². The number of ketones is 1. The maximum absolute atomic E-state index is 11.9. The van der Waals surface area contributed by atoms with Gasteiger partial charge in [0.05, 0.1) is 10.0 Å². The third-order valence-corrected chi connectivity index (χ3v) is 2.17. The molecular formula is C9H6Cl2F2O2. The number of hydrogen-bond acceptors (Lipinski definition) is 2. The van der Waals surface area contributed by atoms with Gasteiger partial charge in [-0.2, -0.15) is 8.78 Å². The highest BCUT2D eigenvalue weighted by atomic mass is 35.5. The van der Waals surface area contributed by atoms with Crippen LogP contribution in [0.3, 0.4) is 0 Å². The van der Waals surface area contributed by atoms with Crippen molar-refractivity contribution in [2.45, 2.75) is 13.5 Å². The summed E-state index contributed by atoms with van der Waals surface area (Å²) in [5.74, 6) is -0.583. The number of benzene rings is 1. The second-order valence-electron chi connectivity index (χ2n) is 2.70. The minimum absolute atomic E-state index is 0.118. The van der Waals surface area contributed by atoms with E-state index in [-0.39, 0.29) is 27.1 Å². The Morgan fingerprint density at radius 1 is 1.33 bits per heavy atom. The molecule has 0 aliphatic heterocycles. The van der Waals surface area contributed by atoms with E-state index in [1.54, 1.807) is 0 Å². The fourth-order valence-electron chi connectivity index (χ4n) is 0.965. The van der Waals surface area contributed by atoms with E-state index in [0.29, 0.717) is 0 Å². The van der Waals surface area contributed by atoms with Crippen LogP contribution in [0.5, 0.6) is 5.75 Å². The SMILES string of the molecule is CC(=O)c1cc(Cl)c(OC(F)F)c(Cl)c1. The van der Waals surface area contributed by atoms with Crippen molar-refractivity contribution in [3.63, 3.8) is 0 Å². The Balaban J connectivity index is 3.15. The highest BCUT2D eigenvalue weighted by molar-refractivity contribution is 6.37. The first kappa shape index (κ1) is 12.2. The molecule has 0 bridgehead atoms. The van der Waals surface area contributed by atoms with Crippen molar-refractivity contribution in [2.75, 3.05) is 0 Å². The Hall–Kier alpha value is -0.870. The van der Waals surface area contributed by atoms with Crippen LogP contribution in [0.1, 0.15) is 17.3 Å². The number of alkyl halides is 2. The van der Waals surface area contributed by atoms with Crippen molar-refractivity contribution in [3.05, 3.63) is 27.7 Å². The van der Waals surface area contributed by atoms with E-state index in [2.05, 4.69) is 4.74 Å². The van der Waals surface area contributed by atoms with Crippen molar-refractivity contribution in [3.8, 4) is 5.75 Å². The Bertz CT molecular complexity index is 371. The first-order valence-corrected chi connectivity index (χ1v) is 4.62. The van der Waals surface area contributed by atoms with Gasteiger partial charge in [0.2, 0.25) is 0 Å². The summed E-state index contributed by atoms with van der Waals surface area (Å²) < 4.78 is 28.0. The van der Waals surface area contributed by atoms with Gasteiger partial charge in [0.1, 0.15) is 0 Å². The number of halogens is 4. The smallest absolute Gasteiger partial charge is 0.387 e. The summed E-state index contributed by atoms with van der Waals surface area (Å²) in [7, 11) is 0. The van der Waals surface area contributed by atoms with E-state index in [0.717, 1.165) is 0 Å². The van der Waals surface area contributed by atoms with E-state index < -0.39 is 6.61 Å². The lowest BCUT2D eigenvalue weighted by molar-refractivity contribution is -0.0497. The average Bonchev–Trinajstić information content (AvgIpc) is 2.10. The normalized spacial score (nSPS) is 10.5. The molecule has 0 radical (unpaired) electrons. The van der Waals surface area contributed by atoms with E-state index >= 15 is 0 Å². The van der Waals surface area contributed by atoms with Crippen LogP contribution in [0, 0.1) is 0 Å². The predicted molar refractivity (Wildman–Crippen MR) is 53.1 cm³/mol. The van der Waals surface area contributed by atoms with E-state index in [9.17, 15) is 13.6 Å². The fourth-order valence-corrected chi connectivity index (χ4v) is 1.54. The topological polar surface area (TPSA) is 26.3 Å². The van der Waals surface area contributed by atoms with Crippen molar-refractivity contribution in [1.29, 1.82) is 0 Å². The molecule has 6 heteroatoms. The van der Waals surface area contributed by atoms with Crippen molar-refractivity contribution in [1.82, 2.24) is 0 Å². The van der Waals surface area contributed by atoms with E-state index in [1.165, 1.54) is 19.1 Å². The third kappa shape index (κ3) is 3.04. The summed E-state index contributed by atoms with van der Waals surface area (Å²) >= 11 is 11.3. The summed E-state index contributed by atoms with van der Waals surface area (Å²) in [5, 5.41) is -0.235. The van der Waals surface area contributed by atoms with Crippen LogP contribution in [0.15, 0.2) is 12.1 Å². The van der Waals surface area contributed by atoms with Gasteiger partial charge < -0.3 is 4.74 Å². The zero-order valence-electron chi connectivity index (χ0n) is 7.56. The molecule has 0 heterocycles. The summed E-state index contributed by atoms with van der Waals surface area (Å²) in [5.41, 5.74) is 0.242. The van der Waals surface area contributed by atoms with Gasteiger partial charge in [-0.15, -0.1) is 0 Å². The molecule has 0 spiro atoms. The molecule has 15 heavy (non-hydrogen) atoms. The minimum atomic E-state index is -3.01. The number of ether oxygens (including phenoxy) is 1. The van der Waals surface area contributed by atoms with Gasteiger partial charge in [-0.1, -0.05) is 23.2 Å². The molecule has 0 N–H and O–H groups in total. The van der Waals surface area contributed by atoms with Gasteiger partial charge in [-0.3, -0.25) is 4.79 Å². The highest BCUT2D eigenvalue weighted by Gasteiger charge is 2.15. The van der Waals surface area contributed by atoms with E-state index in [1.807, 2.05) is 0 Å². The zero-order chi connectivity index (χ0) is 11.6. The molecule has 0 unspecified atom stereocenters. The van der Waals surface area contributed by atoms with Crippen LogP contribution in [-0.4, -0.2) is 12.4 Å². The molecule has 0 aliphatic carbocycles. The molecule has 0 atom stereocenters. The molecule has 0 amide bonds. The lowest BCUT2D eigenvalue weighted by atomic mass is 10.1. The molecule has 1 rings (SSSR count). The molecule has 1 aromatic rings. The summed E-state index contributed by atoms with van der Waals surface area (Å²) in [6.45, 7) is -1.70. The minimum Gasteiger partial charge on any atom is -0.432 e. The number of carbonyl (C=O) groups is 1. The Labute approximate surface area is 94.7 Å². The number of Topliss-reactive ketones (excluding diaryl/α,β-unsaturated/α-hetero) is 1. The number of hydrogen-bond donors (Lipinski definition) is 0. The first-order chi connectivity index (χ1) is 6.91. The quantitative estimate of drug-likeness (QED) is 0.768. The second kappa shape index (κ2) is 4.77. The van der Waals surface area contributed by atoms with Crippen molar-refractivity contribution in [2.24, 2.45) is 0 Å². The summed E-state index contributed by atoms with van der Waals surface area (Å²) in [4.78, 5) is 11.0. The zero-order valence-corrected chi connectivity index (χ0v) is 9.07. The molecular weight excluding hydrogens is 249 g/mol. The van der Waals surface area contributed by atoms with Crippen molar-refractivity contribution < 1.29 is 18.3 Å². The van der Waals surface area contributed by atoms with Gasteiger partial charge in [0.15, 0.2) is 11.5 Å². The third-order valence-electron chi connectivity index (χ3n) is 1.61. The first-order valence-electron chi connectivity index (χ1n) is 3.86. The molecule has 0 aliphatic rings. The maximum Gasteiger partial charge on any atom is 0.387 e. The van der Waals surface area contributed by atoms with Crippen LogP contribution in [0.25, 0.3) is 0 Å². The average molecular weight is 255 g/mol. The van der Waals surface area contributed by atoms with Crippen LogP contribution in [0.2, 0.25) is 10.0 Å². The van der Waals surface area contributed by atoms with Crippen LogP contribution in [-0.2, 0) is 0 Å². The van der Waals surface area contributed by atoms with Crippen molar-refractivity contribution >= 4 is 29.0 Å². The van der Waals surface area contributed by atoms with Crippen LogP contribution < -0.4 is 4.74 Å². The lowest BCUT2D eigenvalue weighted by Gasteiger charge is -2.09. The molecule has 0 saturated carbocycles. The number of rotatable bonds is 3. The Morgan fingerprint density at radius 3 is 2.13 bits per heavy atom. The predicted octanol–water partition coefficient (Wildman–Crippen LogP) is 3.80. The monoisotopic (exact) mass is 254 g/mol. The van der Waals surface area contributed by atoms with Crippen LogP contribution in [0.4, 0.5) is 8.78 Å². The Morgan fingerprint density at radius 2 is 1.80 bits per heavy atom. The summed E-state index contributed by atoms with van der Waals surface area (Å²) in [6.07, 6.45) is 0. The van der Waals surface area contributed by atoms with Gasteiger partial charge in [-0.05, 0) is 19.1 Å². The molecule has 2 nitrogen and oxygen atoms in total. The molecule has 0 fully saturated rings. The maximum atomic E-state index is 11.9.